The quantitative estimate of drug-likeness (QED) is 0.781. The van der Waals surface area contributed by atoms with Crippen molar-refractivity contribution in [3.05, 3.63) is 10.6 Å². The van der Waals surface area contributed by atoms with Crippen LogP contribution in [0.2, 0.25) is 0 Å². The third-order valence-electron chi connectivity index (χ3n) is 2.43. The summed E-state index contributed by atoms with van der Waals surface area (Å²) in [6.07, 6.45) is 0.671. The van der Waals surface area contributed by atoms with Crippen LogP contribution in [0.4, 0.5) is 0 Å². The molecule has 102 valence electrons. The maximum Gasteiger partial charge on any atom is 0.265 e. The van der Waals surface area contributed by atoms with Gasteiger partial charge in [0.2, 0.25) is 0 Å². The molecule has 0 bridgehead atoms. The summed E-state index contributed by atoms with van der Waals surface area (Å²) in [5, 5.41) is 6.88. The molecule has 0 saturated heterocycles. The lowest BCUT2D eigenvalue weighted by Crippen LogP contribution is -2.38. The molecule has 5 nitrogen and oxygen atoms in total. The standard InChI is InChI=1S/C11H18ClN3O2S/c1-7(2)9-10(18-15-14-9)11(16)13-8(4-5-12)6-17-3/h7-8H,4-6H2,1-3H3,(H,13,16). The third-order valence-corrected chi connectivity index (χ3v) is 3.39. The zero-order chi connectivity index (χ0) is 13.5. The van der Waals surface area contributed by atoms with Crippen LogP contribution in [-0.4, -0.2) is 41.1 Å². The van der Waals surface area contributed by atoms with E-state index in [0.29, 0.717) is 23.8 Å². The Morgan fingerprint density at radius 3 is 2.83 bits per heavy atom. The Bertz CT molecular complexity index is 378. The fourth-order valence-electron chi connectivity index (χ4n) is 1.51. The number of rotatable bonds is 7. The first-order chi connectivity index (χ1) is 8.60. The van der Waals surface area contributed by atoms with Gasteiger partial charge in [-0.15, -0.1) is 16.7 Å². The molecule has 0 aliphatic heterocycles. The predicted octanol–water partition coefficient (Wildman–Crippen LogP) is 2.04. The number of halogens is 1. The highest BCUT2D eigenvalue weighted by Gasteiger charge is 2.21. The minimum atomic E-state index is -0.152. The number of carbonyl (C=O) groups is 1. The number of carbonyl (C=O) groups excluding carboxylic acids is 1. The molecule has 0 radical (unpaired) electrons. The Morgan fingerprint density at radius 2 is 2.28 bits per heavy atom. The van der Waals surface area contributed by atoms with E-state index in [-0.39, 0.29) is 17.9 Å². The maximum absolute atomic E-state index is 12.1. The van der Waals surface area contributed by atoms with E-state index in [2.05, 4.69) is 14.9 Å². The zero-order valence-corrected chi connectivity index (χ0v) is 12.3. The van der Waals surface area contributed by atoms with Gasteiger partial charge in [0.25, 0.3) is 5.91 Å². The number of aromatic nitrogens is 2. The topological polar surface area (TPSA) is 64.1 Å². The Balaban J connectivity index is 2.71. The lowest BCUT2D eigenvalue weighted by atomic mass is 10.1. The van der Waals surface area contributed by atoms with Crippen molar-refractivity contribution in [2.24, 2.45) is 0 Å². The molecule has 0 spiro atoms. The second kappa shape index (κ2) is 7.66. The molecule has 0 aliphatic rings. The highest BCUT2D eigenvalue weighted by Crippen LogP contribution is 2.19. The van der Waals surface area contributed by atoms with Crippen LogP contribution in [0.15, 0.2) is 0 Å². The highest BCUT2D eigenvalue weighted by molar-refractivity contribution is 7.08. The second-order valence-electron chi connectivity index (χ2n) is 4.25. The summed E-state index contributed by atoms with van der Waals surface area (Å²) < 4.78 is 8.89. The van der Waals surface area contributed by atoms with E-state index in [0.717, 1.165) is 17.2 Å². The van der Waals surface area contributed by atoms with Crippen molar-refractivity contribution >= 4 is 29.0 Å². The number of nitrogens with one attached hydrogen (secondary N) is 1. The summed E-state index contributed by atoms with van der Waals surface area (Å²) in [6.45, 7) is 4.42. The van der Waals surface area contributed by atoms with Crippen LogP contribution in [0.5, 0.6) is 0 Å². The summed E-state index contributed by atoms with van der Waals surface area (Å²) in [6, 6.07) is -0.0814. The minimum Gasteiger partial charge on any atom is -0.383 e. The third kappa shape index (κ3) is 4.19. The van der Waals surface area contributed by atoms with Gasteiger partial charge in [-0.3, -0.25) is 4.79 Å². The van der Waals surface area contributed by atoms with Crippen LogP contribution >= 0.6 is 23.1 Å². The average Bonchev–Trinajstić information content (AvgIpc) is 2.78. The molecular formula is C11H18ClN3O2S. The van der Waals surface area contributed by atoms with E-state index in [9.17, 15) is 4.79 Å². The first kappa shape index (κ1) is 15.3. The molecule has 1 unspecified atom stereocenters. The smallest absolute Gasteiger partial charge is 0.265 e. The van der Waals surface area contributed by atoms with Crippen molar-refractivity contribution in [3.8, 4) is 0 Å². The fourth-order valence-corrected chi connectivity index (χ4v) is 2.50. The van der Waals surface area contributed by atoms with Gasteiger partial charge in [0.15, 0.2) is 0 Å². The monoisotopic (exact) mass is 291 g/mol. The van der Waals surface area contributed by atoms with Crippen molar-refractivity contribution in [2.75, 3.05) is 19.6 Å². The summed E-state index contributed by atoms with van der Waals surface area (Å²) in [7, 11) is 1.60. The molecule has 0 fully saturated rings. The van der Waals surface area contributed by atoms with Gasteiger partial charge in [-0.05, 0) is 23.9 Å². The van der Waals surface area contributed by atoms with E-state index in [1.165, 1.54) is 0 Å². The van der Waals surface area contributed by atoms with Gasteiger partial charge in [-0.25, -0.2) is 0 Å². The predicted molar refractivity (Wildman–Crippen MR) is 72.5 cm³/mol. The Hall–Kier alpha value is -0.720. The van der Waals surface area contributed by atoms with E-state index in [1.54, 1.807) is 7.11 Å². The Kier molecular flexibility index (Phi) is 6.52. The number of methoxy groups -OCH3 is 1. The fraction of sp³-hybridized carbons (Fsp3) is 0.727. The molecule has 18 heavy (non-hydrogen) atoms. The number of alkyl halides is 1. The van der Waals surface area contributed by atoms with Crippen molar-refractivity contribution in [1.82, 2.24) is 14.9 Å². The lowest BCUT2D eigenvalue weighted by Gasteiger charge is -2.16. The van der Waals surface area contributed by atoms with Gasteiger partial charge >= 0.3 is 0 Å². The summed E-state index contributed by atoms with van der Waals surface area (Å²) >= 11 is 6.81. The molecule has 1 rings (SSSR count). The van der Waals surface area contributed by atoms with Gasteiger partial charge in [0.1, 0.15) is 4.88 Å². The molecule has 1 N–H and O–H groups in total. The van der Waals surface area contributed by atoms with Gasteiger partial charge < -0.3 is 10.1 Å². The van der Waals surface area contributed by atoms with Crippen LogP contribution in [0.25, 0.3) is 0 Å². The van der Waals surface area contributed by atoms with Gasteiger partial charge in [-0.1, -0.05) is 18.3 Å². The highest BCUT2D eigenvalue weighted by atomic mass is 35.5. The molecule has 1 heterocycles. The van der Waals surface area contributed by atoms with Crippen LogP contribution in [0, 0.1) is 0 Å². The number of amides is 1. The van der Waals surface area contributed by atoms with Crippen molar-refractivity contribution in [1.29, 1.82) is 0 Å². The number of ether oxygens (including phenoxy) is 1. The van der Waals surface area contributed by atoms with Crippen molar-refractivity contribution in [3.63, 3.8) is 0 Å². The maximum atomic E-state index is 12.1. The second-order valence-corrected chi connectivity index (χ2v) is 5.38. The van der Waals surface area contributed by atoms with Gasteiger partial charge in [0.05, 0.1) is 18.3 Å². The first-order valence-corrected chi connectivity index (χ1v) is 7.09. The van der Waals surface area contributed by atoms with Gasteiger partial charge in [-0.2, -0.15) is 0 Å². The molecule has 1 aromatic rings. The normalized spacial score (nSPS) is 12.7. The van der Waals surface area contributed by atoms with Crippen molar-refractivity contribution < 1.29 is 9.53 Å². The molecular weight excluding hydrogens is 274 g/mol. The molecule has 1 aromatic heterocycles. The summed E-state index contributed by atoms with van der Waals surface area (Å²) in [5.74, 6) is 0.506. The molecule has 0 aliphatic carbocycles. The van der Waals surface area contributed by atoms with Crippen LogP contribution in [0.1, 0.15) is 41.6 Å². The molecule has 0 saturated carbocycles. The SMILES string of the molecule is COCC(CCCl)NC(=O)c1snnc1C(C)C. The molecule has 1 atom stereocenters. The zero-order valence-electron chi connectivity index (χ0n) is 10.8. The molecule has 1 amide bonds. The van der Waals surface area contributed by atoms with Crippen LogP contribution in [0.3, 0.4) is 0 Å². The van der Waals surface area contributed by atoms with E-state index in [1.807, 2.05) is 13.8 Å². The minimum absolute atomic E-state index is 0.0814. The lowest BCUT2D eigenvalue weighted by molar-refractivity contribution is 0.0897. The summed E-state index contributed by atoms with van der Waals surface area (Å²) in [4.78, 5) is 12.7. The number of nitrogens with zero attached hydrogens (tertiary/aromatic N) is 2. The van der Waals surface area contributed by atoms with E-state index in [4.69, 9.17) is 16.3 Å². The molecule has 7 heteroatoms. The first-order valence-electron chi connectivity index (χ1n) is 5.78. The number of hydrogen-bond acceptors (Lipinski definition) is 5. The average molecular weight is 292 g/mol. The van der Waals surface area contributed by atoms with Crippen LogP contribution < -0.4 is 5.32 Å². The Morgan fingerprint density at radius 1 is 1.56 bits per heavy atom. The molecule has 0 aromatic carbocycles. The van der Waals surface area contributed by atoms with Crippen LogP contribution in [-0.2, 0) is 4.74 Å². The van der Waals surface area contributed by atoms with Crippen molar-refractivity contribution in [2.45, 2.75) is 32.2 Å². The van der Waals surface area contributed by atoms with E-state index < -0.39 is 0 Å². The largest absolute Gasteiger partial charge is 0.383 e. The summed E-state index contributed by atoms with van der Waals surface area (Å²) in [5.41, 5.74) is 0.736. The Labute approximate surface area is 116 Å². The number of hydrogen-bond donors (Lipinski definition) is 1. The van der Waals surface area contributed by atoms with Gasteiger partial charge in [0, 0.05) is 13.0 Å². The van der Waals surface area contributed by atoms with E-state index >= 15 is 0 Å².